The molecular weight excluding hydrogens is 460 g/mol. The molecule has 0 aliphatic carbocycles. The molecule has 34 heavy (non-hydrogen) atoms. The lowest BCUT2D eigenvalue weighted by Gasteiger charge is -2.26. The van der Waals surface area contributed by atoms with Crippen molar-refractivity contribution >= 4 is 35.5 Å². The summed E-state index contributed by atoms with van der Waals surface area (Å²) in [6.07, 6.45) is 5.25. The molecule has 0 aromatic rings. The van der Waals surface area contributed by atoms with Crippen LogP contribution in [0.5, 0.6) is 0 Å². The van der Waals surface area contributed by atoms with Crippen molar-refractivity contribution in [2.24, 2.45) is 23.1 Å². The lowest BCUT2D eigenvalue weighted by Crippen LogP contribution is -2.57. The van der Waals surface area contributed by atoms with Crippen LogP contribution < -0.4 is 33.2 Å². The normalized spacial score (nSPS) is 14.7. The molecule has 0 aromatic carbocycles. The number of hydrogen-bond acceptors (Lipinski definition) is 8. The Morgan fingerprint density at radius 2 is 1.21 bits per heavy atom. The molecule has 4 atom stereocenters. The summed E-state index contributed by atoms with van der Waals surface area (Å²) >= 11 is 1.50. The van der Waals surface area contributed by atoms with Gasteiger partial charge in [-0.05, 0) is 76.0 Å². The molecule has 0 bridgehead atoms. The maximum absolute atomic E-state index is 13.1. The van der Waals surface area contributed by atoms with E-state index in [4.69, 9.17) is 17.2 Å². The zero-order valence-electron chi connectivity index (χ0n) is 20.7. The van der Waals surface area contributed by atoms with E-state index in [1.165, 1.54) is 11.8 Å². The minimum atomic E-state index is -1.14. The molecule has 10 N–H and O–H groups in total. The molecule has 0 radical (unpaired) electrons. The number of thioether (sulfide) groups is 1. The van der Waals surface area contributed by atoms with Gasteiger partial charge in [0.2, 0.25) is 17.7 Å². The van der Waals surface area contributed by atoms with Crippen LogP contribution in [0.15, 0.2) is 0 Å². The van der Waals surface area contributed by atoms with Crippen LogP contribution in [-0.4, -0.2) is 78.1 Å². The number of carboxylic acid groups (broad SMARTS) is 1. The number of amides is 3. The van der Waals surface area contributed by atoms with Crippen molar-refractivity contribution in [2.75, 3.05) is 25.1 Å². The van der Waals surface area contributed by atoms with Crippen LogP contribution >= 0.6 is 11.8 Å². The molecular formula is C22H44N6O5S. The van der Waals surface area contributed by atoms with Gasteiger partial charge in [-0.1, -0.05) is 13.8 Å². The Hall–Kier alpha value is -1.89. The van der Waals surface area contributed by atoms with Gasteiger partial charge >= 0.3 is 5.97 Å². The van der Waals surface area contributed by atoms with Crippen molar-refractivity contribution in [3.05, 3.63) is 0 Å². The Bertz CT molecular complexity index is 637. The minimum Gasteiger partial charge on any atom is -0.480 e. The van der Waals surface area contributed by atoms with E-state index in [0.29, 0.717) is 57.4 Å². The third kappa shape index (κ3) is 13.1. The molecule has 0 spiro atoms. The number of rotatable bonds is 19. The van der Waals surface area contributed by atoms with Gasteiger partial charge in [0.05, 0.1) is 6.04 Å². The molecule has 11 nitrogen and oxygen atoms in total. The highest BCUT2D eigenvalue weighted by atomic mass is 32.2. The van der Waals surface area contributed by atoms with Crippen molar-refractivity contribution < 1.29 is 24.3 Å². The Morgan fingerprint density at radius 3 is 1.65 bits per heavy atom. The fourth-order valence-corrected chi connectivity index (χ4v) is 3.60. The SMILES string of the molecule is CSCCC(NC(=O)C(CCCCN)NC(=O)C(N)C(C)C)C(=O)NC(CCCCN)C(=O)O. The van der Waals surface area contributed by atoms with Crippen molar-refractivity contribution in [2.45, 2.75) is 83.0 Å². The summed E-state index contributed by atoms with van der Waals surface area (Å²) in [4.78, 5) is 50.0. The van der Waals surface area contributed by atoms with Crippen molar-refractivity contribution in [1.82, 2.24) is 16.0 Å². The van der Waals surface area contributed by atoms with Crippen LogP contribution in [-0.2, 0) is 19.2 Å². The monoisotopic (exact) mass is 504 g/mol. The Balaban J connectivity index is 5.41. The smallest absolute Gasteiger partial charge is 0.326 e. The number of carbonyl (C=O) groups excluding carboxylic acids is 3. The third-order valence-corrected chi connectivity index (χ3v) is 6.05. The van der Waals surface area contributed by atoms with Gasteiger partial charge in [0.15, 0.2) is 0 Å². The largest absolute Gasteiger partial charge is 0.480 e. The number of unbranched alkanes of at least 4 members (excludes halogenated alkanes) is 2. The second kappa shape index (κ2) is 18.4. The van der Waals surface area contributed by atoms with Crippen LogP contribution in [0, 0.1) is 5.92 Å². The number of carboxylic acids is 1. The molecule has 4 unspecified atom stereocenters. The van der Waals surface area contributed by atoms with Gasteiger partial charge in [-0.3, -0.25) is 14.4 Å². The quantitative estimate of drug-likeness (QED) is 0.113. The Labute approximate surface area is 207 Å². The van der Waals surface area contributed by atoms with Gasteiger partial charge in [0.25, 0.3) is 0 Å². The van der Waals surface area contributed by atoms with Crippen LogP contribution in [0.2, 0.25) is 0 Å². The summed E-state index contributed by atoms with van der Waals surface area (Å²) in [6, 6.07) is -3.67. The summed E-state index contributed by atoms with van der Waals surface area (Å²) in [5.41, 5.74) is 16.9. The number of carbonyl (C=O) groups is 4. The van der Waals surface area contributed by atoms with Crippen molar-refractivity contribution in [3.63, 3.8) is 0 Å². The number of nitrogens with one attached hydrogen (secondary N) is 3. The number of hydrogen-bond donors (Lipinski definition) is 7. The topological polar surface area (TPSA) is 203 Å². The van der Waals surface area contributed by atoms with Crippen molar-refractivity contribution in [3.8, 4) is 0 Å². The van der Waals surface area contributed by atoms with E-state index in [1.807, 2.05) is 20.1 Å². The Kier molecular flexibility index (Phi) is 17.4. The first kappa shape index (κ1) is 32.1. The van der Waals surface area contributed by atoms with E-state index >= 15 is 0 Å². The van der Waals surface area contributed by atoms with E-state index in [0.717, 1.165) is 0 Å². The van der Waals surface area contributed by atoms with Crippen LogP contribution in [0.1, 0.15) is 58.8 Å². The van der Waals surface area contributed by atoms with Crippen LogP contribution in [0.3, 0.4) is 0 Å². The molecule has 0 heterocycles. The van der Waals surface area contributed by atoms with Crippen LogP contribution in [0.4, 0.5) is 0 Å². The number of aliphatic carboxylic acids is 1. The molecule has 0 saturated heterocycles. The first-order valence-electron chi connectivity index (χ1n) is 11.9. The second-order valence-electron chi connectivity index (χ2n) is 8.64. The predicted octanol–water partition coefficient (Wildman–Crippen LogP) is -0.480. The van der Waals surface area contributed by atoms with Gasteiger partial charge in [0.1, 0.15) is 18.1 Å². The molecule has 12 heteroatoms. The summed E-state index contributed by atoms with van der Waals surface area (Å²) in [7, 11) is 0. The van der Waals surface area contributed by atoms with E-state index < -0.39 is 47.9 Å². The third-order valence-electron chi connectivity index (χ3n) is 5.41. The average Bonchev–Trinajstić information content (AvgIpc) is 2.79. The summed E-state index contributed by atoms with van der Waals surface area (Å²) < 4.78 is 0. The molecule has 0 saturated carbocycles. The second-order valence-corrected chi connectivity index (χ2v) is 9.63. The van der Waals surface area contributed by atoms with Crippen LogP contribution in [0.25, 0.3) is 0 Å². The number of nitrogens with two attached hydrogens (primary N) is 3. The van der Waals surface area contributed by atoms with Gasteiger partial charge in [-0.2, -0.15) is 11.8 Å². The maximum Gasteiger partial charge on any atom is 0.326 e. The minimum absolute atomic E-state index is 0.111. The Morgan fingerprint density at radius 1 is 0.765 bits per heavy atom. The van der Waals surface area contributed by atoms with E-state index in [9.17, 15) is 24.3 Å². The van der Waals surface area contributed by atoms with E-state index in [-0.39, 0.29) is 12.3 Å². The lowest BCUT2D eigenvalue weighted by atomic mass is 10.0. The molecule has 3 amide bonds. The van der Waals surface area contributed by atoms with Gasteiger partial charge < -0.3 is 38.3 Å². The molecule has 0 rings (SSSR count). The highest BCUT2D eigenvalue weighted by Gasteiger charge is 2.30. The highest BCUT2D eigenvalue weighted by molar-refractivity contribution is 7.98. The maximum atomic E-state index is 13.1. The zero-order valence-corrected chi connectivity index (χ0v) is 21.5. The van der Waals surface area contributed by atoms with Gasteiger partial charge in [-0.25, -0.2) is 4.79 Å². The average molecular weight is 505 g/mol. The fraction of sp³-hybridized carbons (Fsp3) is 0.818. The molecule has 198 valence electrons. The van der Waals surface area contributed by atoms with Gasteiger partial charge in [-0.15, -0.1) is 0 Å². The summed E-state index contributed by atoms with van der Waals surface area (Å²) in [6.45, 7) is 4.50. The predicted molar refractivity (Wildman–Crippen MR) is 135 cm³/mol. The molecule has 0 aliphatic heterocycles. The molecule has 0 aliphatic rings. The van der Waals surface area contributed by atoms with E-state index in [1.54, 1.807) is 0 Å². The first-order chi connectivity index (χ1) is 16.1. The first-order valence-corrected chi connectivity index (χ1v) is 13.3. The fourth-order valence-electron chi connectivity index (χ4n) is 3.13. The zero-order chi connectivity index (χ0) is 26.1. The summed E-state index contributed by atoms with van der Waals surface area (Å²) in [5, 5.41) is 17.4. The van der Waals surface area contributed by atoms with Gasteiger partial charge in [0, 0.05) is 0 Å². The summed E-state index contributed by atoms with van der Waals surface area (Å²) in [5.74, 6) is -2.22. The standard InChI is InChI=1S/C22H44N6O5S/c1-14(2)18(25)21(31)27-15(8-4-6-11-23)19(29)26-16(10-13-34-3)20(30)28-17(22(32)33)9-5-7-12-24/h14-18H,4-13,23-25H2,1-3H3,(H,26,29)(H,27,31)(H,28,30)(H,32,33). The van der Waals surface area contributed by atoms with E-state index in [2.05, 4.69) is 16.0 Å². The molecule has 0 fully saturated rings. The molecule has 0 aromatic heterocycles. The lowest BCUT2D eigenvalue weighted by molar-refractivity contribution is -0.142. The van der Waals surface area contributed by atoms with Crippen molar-refractivity contribution in [1.29, 1.82) is 0 Å². The highest BCUT2D eigenvalue weighted by Crippen LogP contribution is 2.08.